The van der Waals surface area contributed by atoms with Crippen LogP contribution in [0.2, 0.25) is 0 Å². The van der Waals surface area contributed by atoms with Crippen molar-refractivity contribution in [2.24, 2.45) is 0 Å². The molecule has 2 aromatic rings. The van der Waals surface area contributed by atoms with Crippen molar-refractivity contribution in [2.75, 3.05) is 17.6 Å². The third-order valence-electron chi connectivity index (χ3n) is 2.18. The zero-order chi connectivity index (χ0) is 10.8. The molecular formula is C10H12N4O. The number of benzene rings is 1. The predicted molar refractivity (Wildman–Crippen MR) is 59.3 cm³/mol. The van der Waals surface area contributed by atoms with Crippen molar-refractivity contribution in [3.05, 3.63) is 29.7 Å². The maximum absolute atomic E-state index is 11.6. The highest BCUT2D eigenvalue weighted by Crippen LogP contribution is 2.23. The topological polar surface area (TPSA) is 77.9 Å². The fourth-order valence-electron chi connectivity index (χ4n) is 1.53. The molecule has 0 aliphatic rings. The van der Waals surface area contributed by atoms with Crippen molar-refractivity contribution in [1.29, 1.82) is 0 Å². The smallest absolute Gasteiger partial charge is 0.267 e. The fraction of sp³-hybridized carbons (Fsp3) is 0.200. The molecule has 0 spiro atoms. The Bertz CT molecular complexity index is 498. The van der Waals surface area contributed by atoms with Crippen molar-refractivity contribution < 1.29 is 4.73 Å². The zero-order valence-corrected chi connectivity index (χ0v) is 8.40. The molecule has 1 aromatic carbocycles. The number of nitrogens with two attached hydrogens (primary N) is 1. The Morgan fingerprint density at radius 1 is 1.53 bits per heavy atom. The van der Waals surface area contributed by atoms with Gasteiger partial charge in [0.05, 0.1) is 11.9 Å². The van der Waals surface area contributed by atoms with Crippen molar-refractivity contribution in [3.8, 4) is 0 Å². The molecule has 0 radical (unpaired) electrons. The SMILES string of the molecule is CCNc1ccc(N)c2ncc[n+]([O-])c12. The van der Waals surface area contributed by atoms with E-state index >= 15 is 0 Å². The Morgan fingerprint density at radius 3 is 3.07 bits per heavy atom. The van der Waals surface area contributed by atoms with Crippen LogP contribution in [0.5, 0.6) is 0 Å². The highest BCUT2D eigenvalue weighted by molar-refractivity contribution is 5.93. The van der Waals surface area contributed by atoms with Crippen LogP contribution in [0.15, 0.2) is 24.5 Å². The number of hydrogen-bond donors (Lipinski definition) is 2. The van der Waals surface area contributed by atoms with E-state index in [9.17, 15) is 5.21 Å². The average molecular weight is 204 g/mol. The summed E-state index contributed by atoms with van der Waals surface area (Å²) in [6, 6.07) is 3.53. The summed E-state index contributed by atoms with van der Waals surface area (Å²) in [6.45, 7) is 2.71. The number of aromatic nitrogens is 2. The van der Waals surface area contributed by atoms with Gasteiger partial charge in [0.2, 0.25) is 0 Å². The predicted octanol–water partition coefficient (Wildman–Crippen LogP) is 0.882. The Kier molecular flexibility index (Phi) is 2.29. The van der Waals surface area contributed by atoms with Crippen LogP contribution < -0.4 is 15.8 Å². The van der Waals surface area contributed by atoms with Crippen molar-refractivity contribution in [3.63, 3.8) is 0 Å². The quantitative estimate of drug-likeness (QED) is 0.432. The molecule has 15 heavy (non-hydrogen) atoms. The summed E-state index contributed by atoms with van der Waals surface area (Å²) in [6.07, 6.45) is 2.81. The number of nitrogen functional groups attached to an aromatic ring is 1. The molecule has 0 fully saturated rings. The Labute approximate surface area is 87.1 Å². The van der Waals surface area contributed by atoms with E-state index in [1.807, 2.05) is 6.92 Å². The van der Waals surface area contributed by atoms with Crippen LogP contribution in [0.25, 0.3) is 11.0 Å². The summed E-state index contributed by atoms with van der Waals surface area (Å²) < 4.78 is 0.774. The van der Waals surface area contributed by atoms with E-state index in [0.29, 0.717) is 16.7 Å². The Hall–Kier alpha value is -2.04. The summed E-state index contributed by atoms with van der Waals surface area (Å²) in [5.74, 6) is 0. The van der Waals surface area contributed by atoms with Gasteiger partial charge in [-0.1, -0.05) is 0 Å². The average Bonchev–Trinajstić information content (AvgIpc) is 2.23. The number of nitrogens with zero attached hydrogens (tertiary/aromatic N) is 2. The largest absolute Gasteiger partial charge is 0.618 e. The summed E-state index contributed by atoms with van der Waals surface area (Å²) in [5, 5.41) is 14.7. The van der Waals surface area contributed by atoms with Gasteiger partial charge in [-0.2, -0.15) is 4.73 Å². The maximum Gasteiger partial charge on any atom is 0.267 e. The van der Waals surface area contributed by atoms with E-state index in [1.54, 1.807) is 12.1 Å². The van der Waals surface area contributed by atoms with Gasteiger partial charge in [-0.05, 0) is 19.1 Å². The van der Waals surface area contributed by atoms with Crippen LogP contribution in [0.3, 0.4) is 0 Å². The lowest BCUT2D eigenvalue weighted by atomic mass is 10.2. The molecule has 78 valence electrons. The molecule has 1 heterocycles. The summed E-state index contributed by atoms with van der Waals surface area (Å²) >= 11 is 0. The first-order valence-corrected chi connectivity index (χ1v) is 4.74. The summed E-state index contributed by atoms with van der Waals surface area (Å²) in [7, 11) is 0. The van der Waals surface area contributed by atoms with Gasteiger partial charge in [0.1, 0.15) is 5.69 Å². The molecule has 0 amide bonds. The molecule has 1 aromatic heterocycles. The second-order valence-corrected chi connectivity index (χ2v) is 3.18. The van der Waals surface area contributed by atoms with Gasteiger partial charge in [-0.15, -0.1) is 0 Å². The van der Waals surface area contributed by atoms with Crippen LogP contribution in [0, 0.1) is 5.21 Å². The van der Waals surface area contributed by atoms with Crippen molar-refractivity contribution in [1.82, 2.24) is 4.98 Å². The minimum atomic E-state index is 0.486. The van der Waals surface area contributed by atoms with Gasteiger partial charge in [0.25, 0.3) is 5.52 Å². The lowest BCUT2D eigenvalue weighted by molar-refractivity contribution is -0.576. The lowest BCUT2D eigenvalue weighted by Crippen LogP contribution is -2.27. The van der Waals surface area contributed by atoms with E-state index in [4.69, 9.17) is 5.73 Å². The van der Waals surface area contributed by atoms with E-state index in [0.717, 1.165) is 17.0 Å². The minimum absolute atomic E-state index is 0.486. The summed E-state index contributed by atoms with van der Waals surface area (Å²) in [4.78, 5) is 4.10. The highest BCUT2D eigenvalue weighted by Gasteiger charge is 2.12. The number of fused-ring (bicyclic) bond motifs is 1. The zero-order valence-electron chi connectivity index (χ0n) is 8.40. The molecule has 2 rings (SSSR count). The van der Waals surface area contributed by atoms with E-state index < -0.39 is 0 Å². The second-order valence-electron chi connectivity index (χ2n) is 3.18. The Balaban J connectivity index is 2.78. The first kappa shape index (κ1) is 9.51. The molecule has 0 saturated carbocycles. The van der Waals surface area contributed by atoms with Gasteiger partial charge >= 0.3 is 0 Å². The molecule has 5 heteroatoms. The Morgan fingerprint density at radius 2 is 2.33 bits per heavy atom. The van der Waals surface area contributed by atoms with Crippen molar-refractivity contribution >= 4 is 22.4 Å². The van der Waals surface area contributed by atoms with Gasteiger partial charge < -0.3 is 16.3 Å². The molecule has 0 atom stereocenters. The number of rotatable bonds is 2. The molecule has 0 aliphatic heterocycles. The van der Waals surface area contributed by atoms with Crippen LogP contribution in [-0.4, -0.2) is 11.5 Å². The maximum atomic E-state index is 11.6. The first-order chi connectivity index (χ1) is 7.24. The second kappa shape index (κ2) is 3.61. The van der Waals surface area contributed by atoms with Gasteiger partial charge in [-0.25, -0.2) is 4.98 Å². The number of anilines is 2. The molecule has 0 bridgehead atoms. The fourth-order valence-corrected chi connectivity index (χ4v) is 1.53. The van der Waals surface area contributed by atoms with Crippen molar-refractivity contribution in [2.45, 2.75) is 6.92 Å². The molecular weight excluding hydrogens is 192 g/mol. The standard InChI is InChI=1S/C10H12N4O/c1-2-12-8-4-3-7(11)9-10(8)14(15)6-5-13-9/h3-6,12H,2,11H2,1H3. The van der Waals surface area contributed by atoms with Gasteiger partial charge in [-0.3, -0.25) is 0 Å². The van der Waals surface area contributed by atoms with Crippen LogP contribution >= 0.6 is 0 Å². The third kappa shape index (κ3) is 1.52. The number of nitrogens with one attached hydrogen (secondary N) is 1. The highest BCUT2D eigenvalue weighted by atomic mass is 16.5. The number of hydrogen-bond acceptors (Lipinski definition) is 4. The monoisotopic (exact) mass is 204 g/mol. The molecule has 0 unspecified atom stereocenters. The lowest BCUT2D eigenvalue weighted by Gasteiger charge is -2.08. The molecule has 5 nitrogen and oxygen atoms in total. The third-order valence-corrected chi connectivity index (χ3v) is 2.18. The minimum Gasteiger partial charge on any atom is -0.618 e. The molecule has 0 aliphatic carbocycles. The van der Waals surface area contributed by atoms with E-state index in [2.05, 4.69) is 10.3 Å². The van der Waals surface area contributed by atoms with Crippen LogP contribution in [-0.2, 0) is 0 Å². The van der Waals surface area contributed by atoms with Crippen LogP contribution in [0.4, 0.5) is 11.4 Å². The molecule has 3 N–H and O–H groups in total. The van der Waals surface area contributed by atoms with Gasteiger partial charge in [0.15, 0.2) is 11.7 Å². The van der Waals surface area contributed by atoms with Gasteiger partial charge in [0, 0.05) is 6.54 Å². The van der Waals surface area contributed by atoms with E-state index in [1.165, 1.54) is 12.4 Å². The first-order valence-electron chi connectivity index (χ1n) is 4.74. The normalized spacial score (nSPS) is 10.5. The molecule has 0 saturated heterocycles. The summed E-state index contributed by atoms with van der Waals surface area (Å²) in [5.41, 5.74) is 8.03. The van der Waals surface area contributed by atoms with Crippen LogP contribution in [0.1, 0.15) is 6.92 Å². The van der Waals surface area contributed by atoms with E-state index in [-0.39, 0.29) is 0 Å².